The van der Waals surface area contributed by atoms with E-state index in [0.717, 1.165) is 11.1 Å². The van der Waals surface area contributed by atoms with Crippen LogP contribution >= 0.6 is 0 Å². The fraction of sp³-hybridized carbons (Fsp3) is 0.0870. The first kappa shape index (κ1) is 18.3. The Kier molecular flexibility index (Phi) is 4.95. The van der Waals surface area contributed by atoms with Gasteiger partial charge in [-0.3, -0.25) is 4.79 Å². The van der Waals surface area contributed by atoms with E-state index in [0.29, 0.717) is 33.8 Å². The molecule has 6 heteroatoms. The first-order valence-electron chi connectivity index (χ1n) is 8.97. The maximum Gasteiger partial charge on any atom is 0.259 e. The Hall–Kier alpha value is -4.11. The van der Waals surface area contributed by atoms with Crippen molar-refractivity contribution >= 4 is 10.9 Å². The lowest BCUT2D eigenvalue weighted by atomic mass is 10.1. The Labute approximate surface area is 167 Å². The molecule has 0 spiro atoms. The van der Waals surface area contributed by atoms with Crippen LogP contribution in [0.3, 0.4) is 0 Å². The number of nitrogens with one attached hydrogen (secondary N) is 1. The van der Waals surface area contributed by atoms with Gasteiger partial charge in [-0.05, 0) is 54.6 Å². The number of benzene rings is 3. The van der Waals surface area contributed by atoms with Crippen molar-refractivity contribution in [2.45, 2.75) is 6.61 Å². The fourth-order valence-corrected chi connectivity index (χ4v) is 3.05. The van der Waals surface area contributed by atoms with Crippen LogP contribution in [0, 0.1) is 11.3 Å². The average molecular weight is 383 g/mol. The first-order valence-corrected chi connectivity index (χ1v) is 8.97. The zero-order valence-corrected chi connectivity index (χ0v) is 15.7. The molecule has 142 valence electrons. The van der Waals surface area contributed by atoms with E-state index in [2.05, 4.69) is 16.0 Å². The van der Waals surface area contributed by atoms with Crippen molar-refractivity contribution in [3.05, 3.63) is 88.2 Å². The summed E-state index contributed by atoms with van der Waals surface area (Å²) in [5, 5.41) is 9.44. The van der Waals surface area contributed by atoms with Gasteiger partial charge < -0.3 is 14.5 Å². The van der Waals surface area contributed by atoms with Gasteiger partial charge in [0.25, 0.3) is 5.56 Å². The Morgan fingerprint density at radius 1 is 1.07 bits per heavy atom. The normalized spacial score (nSPS) is 10.5. The standard InChI is InChI=1S/C23H17N3O3/c1-28-21-11-8-16(22-25-20-5-3-2-4-19(20)23(27)26-22)12-17(21)14-29-18-9-6-15(13-24)7-10-18/h2-12H,14H2,1H3,(H,25,26,27). The second kappa shape index (κ2) is 7.87. The van der Waals surface area contributed by atoms with Crippen LogP contribution in [-0.4, -0.2) is 17.1 Å². The summed E-state index contributed by atoms with van der Waals surface area (Å²) < 4.78 is 11.3. The van der Waals surface area contributed by atoms with Crippen molar-refractivity contribution in [2.75, 3.05) is 7.11 Å². The predicted octanol–water partition coefficient (Wildman–Crippen LogP) is 4.05. The molecule has 0 aliphatic rings. The highest BCUT2D eigenvalue weighted by Crippen LogP contribution is 2.26. The number of fused-ring (bicyclic) bond motifs is 1. The Bertz CT molecular complexity index is 1270. The quantitative estimate of drug-likeness (QED) is 0.562. The molecule has 0 bridgehead atoms. The third-order valence-corrected chi connectivity index (χ3v) is 4.54. The van der Waals surface area contributed by atoms with E-state index in [1.54, 1.807) is 37.4 Å². The number of hydrogen-bond acceptors (Lipinski definition) is 5. The van der Waals surface area contributed by atoms with E-state index in [1.807, 2.05) is 36.4 Å². The Balaban J connectivity index is 1.66. The summed E-state index contributed by atoms with van der Waals surface area (Å²) >= 11 is 0. The molecule has 4 rings (SSSR count). The molecule has 0 unspecified atom stereocenters. The number of nitrogens with zero attached hydrogens (tertiary/aromatic N) is 2. The first-order chi connectivity index (χ1) is 14.2. The van der Waals surface area contributed by atoms with Gasteiger partial charge >= 0.3 is 0 Å². The average Bonchev–Trinajstić information content (AvgIpc) is 2.77. The minimum absolute atomic E-state index is 0.184. The molecule has 0 aliphatic heterocycles. The molecular formula is C23H17N3O3. The number of ether oxygens (including phenoxy) is 2. The minimum Gasteiger partial charge on any atom is -0.496 e. The highest BCUT2D eigenvalue weighted by atomic mass is 16.5. The molecule has 0 atom stereocenters. The lowest BCUT2D eigenvalue weighted by molar-refractivity contribution is 0.296. The summed E-state index contributed by atoms with van der Waals surface area (Å²) in [6.45, 7) is 0.265. The van der Waals surface area contributed by atoms with E-state index in [4.69, 9.17) is 14.7 Å². The van der Waals surface area contributed by atoms with Crippen molar-refractivity contribution in [2.24, 2.45) is 0 Å². The SMILES string of the molecule is COc1ccc(-c2nc3ccccc3c(=O)[nH]2)cc1COc1ccc(C#N)cc1. The van der Waals surface area contributed by atoms with Crippen LogP contribution in [0.5, 0.6) is 11.5 Å². The number of nitriles is 1. The maximum absolute atomic E-state index is 12.4. The lowest BCUT2D eigenvalue weighted by Crippen LogP contribution is -2.09. The van der Waals surface area contributed by atoms with Gasteiger partial charge in [0.05, 0.1) is 29.6 Å². The number of H-pyrrole nitrogens is 1. The monoisotopic (exact) mass is 383 g/mol. The molecule has 0 aliphatic carbocycles. The fourth-order valence-electron chi connectivity index (χ4n) is 3.05. The van der Waals surface area contributed by atoms with Crippen LogP contribution in [0.1, 0.15) is 11.1 Å². The van der Waals surface area contributed by atoms with Crippen molar-refractivity contribution in [3.8, 4) is 29.0 Å². The third kappa shape index (κ3) is 3.80. The number of aromatic amines is 1. The van der Waals surface area contributed by atoms with Crippen LogP contribution in [-0.2, 0) is 6.61 Å². The number of rotatable bonds is 5. The molecule has 29 heavy (non-hydrogen) atoms. The van der Waals surface area contributed by atoms with E-state index >= 15 is 0 Å². The topological polar surface area (TPSA) is 88.0 Å². The summed E-state index contributed by atoms with van der Waals surface area (Å²) in [4.78, 5) is 19.8. The highest BCUT2D eigenvalue weighted by molar-refractivity contribution is 5.79. The van der Waals surface area contributed by atoms with Gasteiger partial charge in [0, 0.05) is 11.1 Å². The second-order valence-electron chi connectivity index (χ2n) is 6.38. The molecule has 1 heterocycles. The Morgan fingerprint density at radius 2 is 1.86 bits per heavy atom. The summed E-state index contributed by atoms with van der Waals surface area (Å²) in [6, 6.07) is 21.7. The molecule has 1 N–H and O–H groups in total. The van der Waals surface area contributed by atoms with Gasteiger partial charge in [0.15, 0.2) is 0 Å². The summed E-state index contributed by atoms with van der Waals surface area (Å²) in [7, 11) is 1.59. The van der Waals surface area contributed by atoms with Crippen molar-refractivity contribution in [3.63, 3.8) is 0 Å². The third-order valence-electron chi connectivity index (χ3n) is 4.54. The largest absolute Gasteiger partial charge is 0.496 e. The second-order valence-corrected chi connectivity index (χ2v) is 6.38. The van der Waals surface area contributed by atoms with Gasteiger partial charge in [-0.25, -0.2) is 4.98 Å². The molecule has 0 fully saturated rings. The van der Waals surface area contributed by atoms with Gasteiger partial charge in [0.2, 0.25) is 0 Å². The summed E-state index contributed by atoms with van der Waals surface area (Å²) in [6.07, 6.45) is 0. The van der Waals surface area contributed by atoms with Crippen LogP contribution in [0.4, 0.5) is 0 Å². The molecule has 0 amide bonds. The van der Waals surface area contributed by atoms with Crippen molar-refractivity contribution in [1.82, 2.24) is 9.97 Å². The smallest absolute Gasteiger partial charge is 0.259 e. The lowest BCUT2D eigenvalue weighted by Gasteiger charge is -2.12. The summed E-state index contributed by atoms with van der Waals surface area (Å²) in [5.41, 5.74) is 2.59. The van der Waals surface area contributed by atoms with E-state index in [9.17, 15) is 4.79 Å². The van der Waals surface area contributed by atoms with Gasteiger partial charge in [-0.2, -0.15) is 5.26 Å². The molecular weight excluding hydrogens is 366 g/mol. The highest BCUT2D eigenvalue weighted by Gasteiger charge is 2.10. The Morgan fingerprint density at radius 3 is 2.62 bits per heavy atom. The predicted molar refractivity (Wildman–Crippen MR) is 110 cm³/mol. The summed E-state index contributed by atoms with van der Waals surface area (Å²) in [5.74, 6) is 1.80. The number of aromatic nitrogens is 2. The minimum atomic E-state index is -0.184. The van der Waals surface area contributed by atoms with Crippen molar-refractivity contribution < 1.29 is 9.47 Å². The molecule has 6 nitrogen and oxygen atoms in total. The zero-order valence-electron chi connectivity index (χ0n) is 15.7. The maximum atomic E-state index is 12.4. The molecule has 0 saturated heterocycles. The van der Waals surface area contributed by atoms with Gasteiger partial charge in [-0.15, -0.1) is 0 Å². The van der Waals surface area contributed by atoms with E-state index in [-0.39, 0.29) is 12.2 Å². The van der Waals surface area contributed by atoms with Crippen LogP contribution in [0.2, 0.25) is 0 Å². The van der Waals surface area contributed by atoms with Crippen LogP contribution in [0.15, 0.2) is 71.5 Å². The van der Waals surface area contributed by atoms with Gasteiger partial charge in [0.1, 0.15) is 23.9 Å². The van der Waals surface area contributed by atoms with E-state index in [1.165, 1.54) is 0 Å². The number of hydrogen-bond donors (Lipinski definition) is 1. The number of methoxy groups -OCH3 is 1. The molecule has 0 radical (unpaired) electrons. The number of para-hydroxylation sites is 1. The van der Waals surface area contributed by atoms with Gasteiger partial charge in [-0.1, -0.05) is 12.1 Å². The zero-order chi connectivity index (χ0) is 20.2. The van der Waals surface area contributed by atoms with Crippen LogP contribution in [0.25, 0.3) is 22.3 Å². The molecule has 4 aromatic rings. The van der Waals surface area contributed by atoms with E-state index < -0.39 is 0 Å². The van der Waals surface area contributed by atoms with Crippen LogP contribution < -0.4 is 15.0 Å². The van der Waals surface area contributed by atoms with Crippen molar-refractivity contribution in [1.29, 1.82) is 5.26 Å². The molecule has 1 aromatic heterocycles. The molecule has 3 aromatic carbocycles. The molecule has 0 saturated carbocycles.